The summed E-state index contributed by atoms with van der Waals surface area (Å²) >= 11 is 0. The van der Waals surface area contributed by atoms with Crippen molar-refractivity contribution in [3.05, 3.63) is 87.7 Å². The van der Waals surface area contributed by atoms with Crippen LogP contribution < -0.4 is 5.32 Å². The highest BCUT2D eigenvalue weighted by Crippen LogP contribution is 2.26. The van der Waals surface area contributed by atoms with Gasteiger partial charge in [0.2, 0.25) is 5.91 Å². The second-order valence-electron chi connectivity index (χ2n) is 6.10. The highest BCUT2D eigenvalue weighted by atomic mass is 16.6. The molecule has 136 valence electrons. The number of carbonyl (C=O) groups is 1. The van der Waals surface area contributed by atoms with Gasteiger partial charge < -0.3 is 9.73 Å². The lowest BCUT2D eigenvalue weighted by Gasteiger charge is -2.09. The van der Waals surface area contributed by atoms with Crippen LogP contribution in [0.15, 0.2) is 65.1 Å². The maximum atomic E-state index is 12.2. The predicted octanol–water partition coefficient (Wildman–Crippen LogP) is 5.12. The number of hydrogen-bond acceptors (Lipinski definition) is 4. The van der Waals surface area contributed by atoms with Crippen molar-refractivity contribution in [1.29, 1.82) is 0 Å². The quantitative estimate of drug-likeness (QED) is 0.388. The molecule has 2 aromatic carbocycles. The summed E-state index contributed by atoms with van der Waals surface area (Å²) in [5.74, 6) is 0.711. The molecule has 1 heterocycles. The molecule has 0 saturated heterocycles. The van der Waals surface area contributed by atoms with Gasteiger partial charge in [-0.1, -0.05) is 30.3 Å². The predicted molar refractivity (Wildman–Crippen MR) is 104 cm³/mol. The van der Waals surface area contributed by atoms with Crippen molar-refractivity contribution in [2.45, 2.75) is 13.8 Å². The number of amides is 1. The summed E-state index contributed by atoms with van der Waals surface area (Å²) in [6, 6.07) is 15.4. The molecule has 0 unspecified atom stereocenters. The Morgan fingerprint density at radius 3 is 2.48 bits per heavy atom. The molecule has 6 heteroatoms. The second-order valence-corrected chi connectivity index (χ2v) is 6.10. The normalized spacial score (nSPS) is 10.9. The van der Waals surface area contributed by atoms with E-state index in [0.29, 0.717) is 17.1 Å². The van der Waals surface area contributed by atoms with Gasteiger partial charge in [-0.15, -0.1) is 0 Å². The van der Waals surface area contributed by atoms with Crippen molar-refractivity contribution in [2.24, 2.45) is 0 Å². The number of nitro benzene ring substituents is 1. The fourth-order valence-electron chi connectivity index (χ4n) is 2.70. The van der Waals surface area contributed by atoms with Crippen LogP contribution in [0.25, 0.3) is 17.4 Å². The lowest BCUT2D eigenvalue weighted by Crippen LogP contribution is -2.10. The summed E-state index contributed by atoms with van der Waals surface area (Å²) in [4.78, 5) is 22.6. The lowest BCUT2D eigenvalue weighted by atomic mass is 10.1. The van der Waals surface area contributed by atoms with Crippen LogP contribution in [0, 0.1) is 24.0 Å². The fraction of sp³-hybridized carbons (Fsp3) is 0.0952. The molecular formula is C21H18N2O4. The first-order valence-electron chi connectivity index (χ1n) is 8.34. The Balaban J connectivity index is 1.73. The molecule has 1 aromatic heterocycles. The standard InChI is InChI=1S/C21H18N2O4/c1-14-5-3-6-15(2)21(14)22-20(24)12-10-18-9-11-19(27-18)16-7-4-8-17(13-16)23(25)26/h3-13H,1-2H3,(H,22,24)/b12-10+. The van der Waals surface area contributed by atoms with Crippen LogP contribution in [0.3, 0.4) is 0 Å². The van der Waals surface area contributed by atoms with Crippen LogP contribution in [0.1, 0.15) is 16.9 Å². The molecule has 0 aliphatic heterocycles. The van der Waals surface area contributed by atoms with Crippen molar-refractivity contribution in [3.8, 4) is 11.3 Å². The lowest BCUT2D eigenvalue weighted by molar-refractivity contribution is -0.384. The van der Waals surface area contributed by atoms with Crippen LogP contribution in [-0.2, 0) is 4.79 Å². The minimum atomic E-state index is -0.453. The molecule has 0 spiro atoms. The number of rotatable bonds is 5. The largest absolute Gasteiger partial charge is 0.457 e. The smallest absolute Gasteiger partial charge is 0.270 e. The van der Waals surface area contributed by atoms with Gasteiger partial charge in [0.15, 0.2) is 0 Å². The molecule has 3 aromatic rings. The maximum absolute atomic E-state index is 12.2. The molecule has 1 N–H and O–H groups in total. The van der Waals surface area contributed by atoms with Crippen LogP contribution in [0.2, 0.25) is 0 Å². The molecule has 1 amide bonds. The number of anilines is 1. The molecule has 0 fully saturated rings. The van der Waals surface area contributed by atoms with E-state index < -0.39 is 4.92 Å². The Bertz CT molecular complexity index is 1010. The highest BCUT2D eigenvalue weighted by molar-refractivity contribution is 6.02. The minimum Gasteiger partial charge on any atom is -0.457 e. The van der Waals surface area contributed by atoms with Gasteiger partial charge in [0.25, 0.3) is 5.69 Å². The number of nitrogens with one attached hydrogen (secondary N) is 1. The SMILES string of the molecule is Cc1cccc(C)c1NC(=O)/C=C/c1ccc(-c2cccc([N+](=O)[O-])c2)o1. The number of benzene rings is 2. The number of hydrogen-bond donors (Lipinski definition) is 1. The van der Waals surface area contributed by atoms with E-state index in [1.807, 2.05) is 32.0 Å². The first-order chi connectivity index (χ1) is 12.9. The monoisotopic (exact) mass is 362 g/mol. The van der Waals surface area contributed by atoms with Crippen LogP contribution >= 0.6 is 0 Å². The third-order valence-electron chi connectivity index (χ3n) is 4.10. The number of furan rings is 1. The number of para-hydroxylation sites is 1. The molecule has 0 atom stereocenters. The fourth-order valence-corrected chi connectivity index (χ4v) is 2.70. The Morgan fingerprint density at radius 1 is 1.07 bits per heavy atom. The zero-order valence-electron chi connectivity index (χ0n) is 14.9. The molecule has 27 heavy (non-hydrogen) atoms. The summed E-state index contributed by atoms with van der Waals surface area (Å²) in [5.41, 5.74) is 3.37. The third-order valence-corrected chi connectivity index (χ3v) is 4.10. The van der Waals surface area contributed by atoms with Crippen LogP contribution in [-0.4, -0.2) is 10.8 Å². The minimum absolute atomic E-state index is 0.00558. The number of non-ortho nitro benzene ring substituents is 1. The average Bonchev–Trinajstić information content (AvgIpc) is 3.12. The van der Waals surface area contributed by atoms with E-state index in [4.69, 9.17) is 4.42 Å². The van der Waals surface area contributed by atoms with Crippen molar-refractivity contribution < 1.29 is 14.1 Å². The zero-order valence-corrected chi connectivity index (χ0v) is 14.9. The van der Waals surface area contributed by atoms with Gasteiger partial charge in [0.1, 0.15) is 11.5 Å². The summed E-state index contributed by atoms with van der Waals surface area (Å²) in [7, 11) is 0. The van der Waals surface area contributed by atoms with Gasteiger partial charge in [-0.05, 0) is 43.2 Å². The van der Waals surface area contributed by atoms with E-state index in [1.165, 1.54) is 18.2 Å². The second kappa shape index (κ2) is 7.70. The summed E-state index contributed by atoms with van der Waals surface area (Å²) in [6.07, 6.45) is 2.95. The van der Waals surface area contributed by atoms with E-state index in [2.05, 4.69) is 5.32 Å². The van der Waals surface area contributed by atoms with E-state index in [9.17, 15) is 14.9 Å². The first kappa shape index (κ1) is 18.1. The molecule has 0 aliphatic carbocycles. The molecular weight excluding hydrogens is 344 g/mol. The van der Waals surface area contributed by atoms with Gasteiger partial charge in [-0.3, -0.25) is 14.9 Å². The number of carbonyl (C=O) groups excluding carboxylic acids is 1. The number of nitro groups is 1. The Hall–Kier alpha value is -3.67. The summed E-state index contributed by atoms with van der Waals surface area (Å²) in [6.45, 7) is 3.87. The average molecular weight is 362 g/mol. The van der Waals surface area contributed by atoms with Crippen molar-refractivity contribution >= 4 is 23.4 Å². The van der Waals surface area contributed by atoms with E-state index in [-0.39, 0.29) is 11.6 Å². The van der Waals surface area contributed by atoms with E-state index in [1.54, 1.807) is 30.3 Å². The number of nitrogens with zero attached hydrogens (tertiary/aromatic N) is 1. The summed E-state index contributed by atoms with van der Waals surface area (Å²) < 4.78 is 5.66. The maximum Gasteiger partial charge on any atom is 0.270 e. The number of aryl methyl sites for hydroxylation is 2. The third kappa shape index (κ3) is 4.30. The van der Waals surface area contributed by atoms with E-state index in [0.717, 1.165) is 16.8 Å². The molecule has 0 aliphatic rings. The van der Waals surface area contributed by atoms with Gasteiger partial charge in [-0.25, -0.2) is 0 Å². The van der Waals surface area contributed by atoms with Crippen molar-refractivity contribution in [1.82, 2.24) is 0 Å². The Labute approximate surface area is 156 Å². The zero-order chi connectivity index (χ0) is 19.4. The molecule has 3 rings (SSSR count). The van der Waals surface area contributed by atoms with Gasteiger partial charge in [0.05, 0.1) is 4.92 Å². The first-order valence-corrected chi connectivity index (χ1v) is 8.34. The Kier molecular flexibility index (Phi) is 5.17. The molecule has 0 radical (unpaired) electrons. The highest BCUT2D eigenvalue weighted by Gasteiger charge is 2.10. The Morgan fingerprint density at radius 2 is 1.78 bits per heavy atom. The van der Waals surface area contributed by atoms with Crippen LogP contribution in [0.4, 0.5) is 11.4 Å². The van der Waals surface area contributed by atoms with E-state index >= 15 is 0 Å². The van der Waals surface area contributed by atoms with Gasteiger partial charge >= 0.3 is 0 Å². The van der Waals surface area contributed by atoms with Crippen LogP contribution in [0.5, 0.6) is 0 Å². The topological polar surface area (TPSA) is 85.4 Å². The molecule has 0 bridgehead atoms. The molecule has 0 saturated carbocycles. The van der Waals surface area contributed by atoms with Gasteiger partial charge in [0, 0.05) is 29.5 Å². The van der Waals surface area contributed by atoms with Crippen molar-refractivity contribution in [3.63, 3.8) is 0 Å². The van der Waals surface area contributed by atoms with Crippen molar-refractivity contribution in [2.75, 3.05) is 5.32 Å². The summed E-state index contributed by atoms with van der Waals surface area (Å²) in [5, 5.41) is 13.7. The molecule has 6 nitrogen and oxygen atoms in total. The van der Waals surface area contributed by atoms with Gasteiger partial charge in [-0.2, -0.15) is 0 Å².